The minimum absolute atomic E-state index is 0.266. The van der Waals surface area contributed by atoms with E-state index in [0.717, 1.165) is 17.5 Å². The Morgan fingerprint density at radius 1 is 1.44 bits per heavy atom. The Hall–Kier alpha value is -1.64. The second-order valence-corrected chi connectivity index (χ2v) is 5.42. The molecule has 0 aromatic heterocycles. The van der Waals surface area contributed by atoms with Crippen LogP contribution in [0.4, 0.5) is 0 Å². The predicted octanol–water partition coefficient (Wildman–Crippen LogP) is 2.82. The Labute approximate surface area is 108 Å². The van der Waals surface area contributed by atoms with Gasteiger partial charge in [-0.05, 0) is 29.9 Å². The molecule has 0 bridgehead atoms. The molecular formula is C15H19NO2. The highest BCUT2D eigenvalue weighted by Gasteiger charge is 2.44. The molecule has 1 aliphatic rings. The quantitative estimate of drug-likeness (QED) is 0.814. The fourth-order valence-electron chi connectivity index (χ4n) is 2.74. The van der Waals surface area contributed by atoms with Gasteiger partial charge in [0.2, 0.25) is 0 Å². The largest absolute Gasteiger partial charge is 0.465 e. The summed E-state index contributed by atoms with van der Waals surface area (Å²) >= 11 is 0. The first-order valence-electron chi connectivity index (χ1n) is 6.30. The van der Waals surface area contributed by atoms with E-state index in [1.165, 1.54) is 0 Å². The fraction of sp³-hybridized carbons (Fsp3) is 0.467. The Morgan fingerprint density at radius 3 is 2.78 bits per heavy atom. The van der Waals surface area contributed by atoms with E-state index in [4.69, 9.17) is 10.1 Å². The van der Waals surface area contributed by atoms with Crippen LogP contribution < -0.4 is 0 Å². The number of nitrogens with one attached hydrogen (secondary N) is 1. The second-order valence-electron chi connectivity index (χ2n) is 5.42. The third-order valence-corrected chi connectivity index (χ3v) is 3.55. The molecule has 3 nitrogen and oxygen atoms in total. The van der Waals surface area contributed by atoms with Crippen molar-refractivity contribution in [1.82, 2.24) is 0 Å². The molecule has 18 heavy (non-hydrogen) atoms. The van der Waals surface area contributed by atoms with Crippen LogP contribution in [0.25, 0.3) is 0 Å². The van der Waals surface area contributed by atoms with Crippen molar-refractivity contribution in [3.05, 3.63) is 35.4 Å². The van der Waals surface area contributed by atoms with Gasteiger partial charge in [-0.2, -0.15) is 0 Å². The summed E-state index contributed by atoms with van der Waals surface area (Å²) in [6, 6.07) is 7.84. The standard InChI is InChI=1S/C15H19NO2/c1-4-18-14(17)12-13(16)11-8-6-5-7-10(11)9-15(12,2)3/h5-8,12,16H,4,9H2,1-3H3. The van der Waals surface area contributed by atoms with Crippen LogP contribution in [0.3, 0.4) is 0 Å². The zero-order chi connectivity index (χ0) is 13.3. The summed E-state index contributed by atoms with van der Waals surface area (Å²) in [5.41, 5.74) is 2.15. The van der Waals surface area contributed by atoms with Gasteiger partial charge in [0.1, 0.15) is 5.92 Å². The zero-order valence-corrected chi connectivity index (χ0v) is 11.1. The molecule has 0 saturated carbocycles. The molecule has 1 N–H and O–H groups in total. The molecule has 1 aromatic carbocycles. The number of carbonyl (C=O) groups excluding carboxylic acids is 1. The van der Waals surface area contributed by atoms with Crippen molar-refractivity contribution >= 4 is 11.7 Å². The number of hydrogen-bond acceptors (Lipinski definition) is 3. The van der Waals surface area contributed by atoms with E-state index in [0.29, 0.717) is 12.3 Å². The molecule has 0 heterocycles. The van der Waals surface area contributed by atoms with Gasteiger partial charge in [0.05, 0.1) is 12.3 Å². The van der Waals surface area contributed by atoms with Crippen LogP contribution in [0, 0.1) is 16.7 Å². The van der Waals surface area contributed by atoms with Gasteiger partial charge >= 0.3 is 5.97 Å². The summed E-state index contributed by atoms with van der Waals surface area (Å²) in [4.78, 5) is 12.1. The average molecular weight is 245 g/mol. The molecule has 0 fully saturated rings. The van der Waals surface area contributed by atoms with Gasteiger partial charge < -0.3 is 10.1 Å². The molecule has 1 atom stereocenters. The maximum atomic E-state index is 12.1. The van der Waals surface area contributed by atoms with Gasteiger partial charge in [0.15, 0.2) is 0 Å². The van der Waals surface area contributed by atoms with Crippen LogP contribution in [-0.2, 0) is 16.0 Å². The third kappa shape index (κ3) is 2.05. The highest BCUT2D eigenvalue weighted by atomic mass is 16.5. The minimum atomic E-state index is -0.465. The first-order chi connectivity index (χ1) is 8.47. The average Bonchev–Trinajstić information content (AvgIpc) is 2.28. The SMILES string of the molecule is CCOC(=O)C1C(=N)c2ccccc2CC1(C)C. The van der Waals surface area contributed by atoms with Crippen molar-refractivity contribution in [3.63, 3.8) is 0 Å². The Kier molecular flexibility index (Phi) is 3.24. The van der Waals surface area contributed by atoms with E-state index in [1.807, 2.05) is 38.1 Å². The van der Waals surface area contributed by atoms with Crippen LogP contribution in [0.2, 0.25) is 0 Å². The molecule has 1 aliphatic carbocycles. The maximum Gasteiger partial charge on any atom is 0.315 e. The van der Waals surface area contributed by atoms with E-state index in [-0.39, 0.29) is 11.4 Å². The van der Waals surface area contributed by atoms with E-state index < -0.39 is 5.92 Å². The summed E-state index contributed by atoms with van der Waals surface area (Å²) in [7, 11) is 0. The van der Waals surface area contributed by atoms with Crippen molar-refractivity contribution < 1.29 is 9.53 Å². The number of carbonyl (C=O) groups is 1. The lowest BCUT2D eigenvalue weighted by molar-refractivity contribution is -0.148. The zero-order valence-electron chi connectivity index (χ0n) is 11.1. The van der Waals surface area contributed by atoms with Gasteiger partial charge in [0.25, 0.3) is 0 Å². The van der Waals surface area contributed by atoms with Crippen LogP contribution >= 0.6 is 0 Å². The van der Waals surface area contributed by atoms with Crippen LogP contribution in [0.15, 0.2) is 24.3 Å². The third-order valence-electron chi connectivity index (χ3n) is 3.55. The molecule has 0 amide bonds. The van der Waals surface area contributed by atoms with E-state index in [2.05, 4.69) is 0 Å². The van der Waals surface area contributed by atoms with Gasteiger partial charge in [-0.1, -0.05) is 38.1 Å². The fourth-order valence-corrected chi connectivity index (χ4v) is 2.74. The van der Waals surface area contributed by atoms with Gasteiger partial charge in [0, 0.05) is 0 Å². The van der Waals surface area contributed by atoms with Crippen molar-refractivity contribution in [2.24, 2.45) is 11.3 Å². The van der Waals surface area contributed by atoms with Gasteiger partial charge in [-0.25, -0.2) is 0 Å². The molecule has 1 unspecified atom stereocenters. The van der Waals surface area contributed by atoms with Crippen molar-refractivity contribution in [2.45, 2.75) is 27.2 Å². The summed E-state index contributed by atoms with van der Waals surface area (Å²) in [5, 5.41) is 8.29. The Bertz CT molecular complexity index is 491. The molecule has 2 rings (SSSR count). The van der Waals surface area contributed by atoms with Crippen LogP contribution in [0.5, 0.6) is 0 Å². The number of hydrogen-bond donors (Lipinski definition) is 1. The van der Waals surface area contributed by atoms with Crippen LogP contribution in [-0.4, -0.2) is 18.3 Å². The first-order valence-corrected chi connectivity index (χ1v) is 6.30. The molecule has 96 valence electrons. The maximum absolute atomic E-state index is 12.1. The van der Waals surface area contributed by atoms with Gasteiger partial charge in [-0.15, -0.1) is 0 Å². The van der Waals surface area contributed by atoms with E-state index >= 15 is 0 Å². The summed E-state index contributed by atoms with van der Waals surface area (Å²) < 4.78 is 5.12. The number of rotatable bonds is 2. The number of benzene rings is 1. The topological polar surface area (TPSA) is 50.2 Å². The molecular weight excluding hydrogens is 226 g/mol. The van der Waals surface area contributed by atoms with Gasteiger partial charge in [-0.3, -0.25) is 4.79 Å². The van der Waals surface area contributed by atoms with Crippen molar-refractivity contribution in [2.75, 3.05) is 6.61 Å². The molecule has 0 spiro atoms. The number of ether oxygens (including phenoxy) is 1. The van der Waals surface area contributed by atoms with E-state index in [9.17, 15) is 4.79 Å². The normalized spacial score (nSPS) is 21.3. The lowest BCUT2D eigenvalue weighted by Gasteiger charge is -2.38. The summed E-state index contributed by atoms with van der Waals surface area (Å²) in [5.74, 6) is -0.741. The molecule has 0 aliphatic heterocycles. The van der Waals surface area contributed by atoms with Crippen molar-refractivity contribution in [1.29, 1.82) is 5.41 Å². The smallest absolute Gasteiger partial charge is 0.315 e. The monoisotopic (exact) mass is 245 g/mol. The lowest BCUT2D eigenvalue weighted by atomic mass is 9.65. The second kappa shape index (κ2) is 4.56. The predicted molar refractivity (Wildman–Crippen MR) is 70.9 cm³/mol. The molecule has 0 radical (unpaired) electrons. The summed E-state index contributed by atoms with van der Waals surface area (Å²) in [6.07, 6.45) is 0.801. The minimum Gasteiger partial charge on any atom is -0.465 e. The number of esters is 1. The lowest BCUT2D eigenvalue weighted by Crippen LogP contribution is -2.43. The molecule has 0 saturated heterocycles. The number of fused-ring (bicyclic) bond motifs is 1. The first kappa shape index (κ1) is 12.8. The molecule has 3 heteroatoms. The Morgan fingerprint density at radius 2 is 2.11 bits per heavy atom. The molecule has 1 aromatic rings. The highest BCUT2D eigenvalue weighted by Crippen LogP contribution is 2.40. The Balaban J connectivity index is 2.43. The van der Waals surface area contributed by atoms with Crippen LogP contribution in [0.1, 0.15) is 31.9 Å². The van der Waals surface area contributed by atoms with Crippen molar-refractivity contribution in [3.8, 4) is 0 Å². The highest BCUT2D eigenvalue weighted by molar-refractivity contribution is 6.12. The summed E-state index contributed by atoms with van der Waals surface area (Å²) in [6.45, 7) is 6.21. The van der Waals surface area contributed by atoms with E-state index in [1.54, 1.807) is 6.92 Å².